The molecule has 0 aliphatic rings. The van der Waals surface area contributed by atoms with Crippen LogP contribution in [0.15, 0.2) is 51.9 Å². The lowest BCUT2D eigenvalue weighted by Crippen LogP contribution is -2.19. The number of carbonyl (C=O) groups is 2. The second kappa shape index (κ2) is 9.34. The summed E-state index contributed by atoms with van der Waals surface area (Å²) in [6, 6.07) is 12.8. The molecule has 0 atom stereocenters. The molecule has 0 fully saturated rings. The van der Waals surface area contributed by atoms with Crippen molar-refractivity contribution in [2.45, 2.75) is 11.3 Å². The van der Waals surface area contributed by atoms with Gasteiger partial charge in [0, 0.05) is 6.92 Å². The molecule has 0 radical (unpaired) electrons. The maximum absolute atomic E-state index is 12.0. The molecule has 1 amide bonds. The molecule has 1 heterocycles. The third kappa shape index (κ3) is 5.30. The minimum Gasteiger partial charge on any atom is -0.493 e. The summed E-state index contributed by atoms with van der Waals surface area (Å²) in [5.74, 6) is 0.271. The first-order valence-electron chi connectivity index (χ1n) is 8.22. The van der Waals surface area contributed by atoms with Gasteiger partial charge in [0.25, 0.3) is 5.91 Å². The number of nitrogens with zero attached hydrogens (tertiary/aromatic N) is 2. The summed E-state index contributed by atoms with van der Waals surface area (Å²) in [4.78, 5) is 27.5. The first-order chi connectivity index (χ1) is 13.5. The molecule has 1 N–H and O–H groups in total. The Morgan fingerprint density at radius 1 is 1.25 bits per heavy atom. The number of methoxy groups -OCH3 is 1. The van der Waals surface area contributed by atoms with Crippen LogP contribution in [-0.4, -0.2) is 35.9 Å². The SMILES string of the molecule is COc1cc(/C=N\NC(=O)CSc2nc3ccccc3s2)ccc1OC(C)=O. The number of thiazole rings is 1. The number of hydrogen-bond acceptors (Lipinski definition) is 8. The number of esters is 1. The average molecular weight is 415 g/mol. The molecule has 0 aliphatic carbocycles. The van der Waals surface area contributed by atoms with Crippen LogP contribution in [0.2, 0.25) is 0 Å². The van der Waals surface area contributed by atoms with Gasteiger partial charge >= 0.3 is 5.97 Å². The van der Waals surface area contributed by atoms with Gasteiger partial charge in [0.05, 0.1) is 29.3 Å². The number of ether oxygens (including phenoxy) is 2. The van der Waals surface area contributed by atoms with Crippen LogP contribution in [0.25, 0.3) is 10.2 Å². The smallest absolute Gasteiger partial charge is 0.308 e. The van der Waals surface area contributed by atoms with Gasteiger partial charge in [-0.25, -0.2) is 10.4 Å². The van der Waals surface area contributed by atoms with Crippen molar-refractivity contribution in [1.29, 1.82) is 0 Å². The van der Waals surface area contributed by atoms with Crippen molar-refractivity contribution >= 4 is 51.4 Å². The lowest BCUT2D eigenvalue weighted by molar-refractivity contribution is -0.132. The topological polar surface area (TPSA) is 89.9 Å². The van der Waals surface area contributed by atoms with Crippen molar-refractivity contribution < 1.29 is 19.1 Å². The second-order valence-corrected chi connectivity index (χ2v) is 7.79. The number of para-hydroxylation sites is 1. The number of rotatable bonds is 7. The van der Waals surface area contributed by atoms with Gasteiger partial charge in [0.1, 0.15) is 0 Å². The molecule has 2 aromatic carbocycles. The van der Waals surface area contributed by atoms with E-state index in [1.54, 1.807) is 29.5 Å². The lowest BCUT2D eigenvalue weighted by Gasteiger charge is -2.08. The molecular formula is C19H17N3O4S2. The lowest BCUT2D eigenvalue weighted by atomic mass is 10.2. The fourth-order valence-electron chi connectivity index (χ4n) is 2.25. The molecule has 0 spiro atoms. The van der Waals surface area contributed by atoms with E-state index in [0.29, 0.717) is 17.1 Å². The number of hydrazone groups is 1. The molecule has 0 saturated heterocycles. The van der Waals surface area contributed by atoms with E-state index in [9.17, 15) is 9.59 Å². The Bertz CT molecular complexity index is 1000. The van der Waals surface area contributed by atoms with Gasteiger partial charge in [-0.2, -0.15) is 5.10 Å². The Kier molecular flexibility index (Phi) is 6.62. The number of amides is 1. The van der Waals surface area contributed by atoms with Gasteiger partial charge in [-0.3, -0.25) is 9.59 Å². The highest BCUT2D eigenvalue weighted by Gasteiger charge is 2.08. The first-order valence-corrected chi connectivity index (χ1v) is 10.0. The molecule has 9 heteroatoms. The number of fused-ring (bicyclic) bond motifs is 1. The van der Waals surface area contributed by atoms with E-state index < -0.39 is 5.97 Å². The van der Waals surface area contributed by atoms with Crippen LogP contribution >= 0.6 is 23.1 Å². The van der Waals surface area contributed by atoms with Crippen LogP contribution in [0.1, 0.15) is 12.5 Å². The highest BCUT2D eigenvalue weighted by molar-refractivity contribution is 8.01. The average Bonchev–Trinajstić information content (AvgIpc) is 3.10. The van der Waals surface area contributed by atoms with E-state index >= 15 is 0 Å². The van der Waals surface area contributed by atoms with Crippen molar-refractivity contribution in [3.63, 3.8) is 0 Å². The van der Waals surface area contributed by atoms with Crippen LogP contribution in [0.5, 0.6) is 11.5 Å². The van der Waals surface area contributed by atoms with E-state index in [-0.39, 0.29) is 11.7 Å². The van der Waals surface area contributed by atoms with Crippen molar-refractivity contribution in [3.8, 4) is 11.5 Å². The van der Waals surface area contributed by atoms with Gasteiger partial charge in [0.15, 0.2) is 15.8 Å². The van der Waals surface area contributed by atoms with Crippen LogP contribution in [-0.2, 0) is 9.59 Å². The molecule has 3 rings (SSSR count). The summed E-state index contributed by atoms with van der Waals surface area (Å²) < 4.78 is 12.2. The Balaban J connectivity index is 1.53. The Morgan fingerprint density at radius 2 is 2.07 bits per heavy atom. The van der Waals surface area contributed by atoms with E-state index in [1.165, 1.54) is 32.0 Å². The number of hydrogen-bond donors (Lipinski definition) is 1. The minimum absolute atomic E-state index is 0.214. The van der Waals surface area contributed by atoms with Crippen LogP contribution < -0.4 is 14.9 Å². The molecule has 0 aliphatic heterocycles. The van der Waals surface area contributed by atoms with Gasteiger partial charge < -0.3 is 9.47 Å². The molecule has 0 saturated carbocycles. The number of aromatic nitrogens is 1. The van der Waals surface area contributed by atoms with Gasteiger partial charge in [-0.1, -0.05) is 23.9 Å². The summed E-state index contributed by atoms with van der Waals surface area (Å²) in [5.41, 5.74) is 4.10. The zero-order chi connectivity index (χ0) is 19.9. The second-order valence-electron chi connectivity index (χ2n) is 5.53. The van der Waals surface area contributed by atoms with Crippen molar-refractivity contribution in [2.24, 2.45) is 5.10 Å². The molecule has 3 aromatic rings. The fraction of sp³-hybridized carbons (Fsp3) is 0.158. The molecule has 7 nitrogen and oxygen atoms in total. The zero-order valence-corrected chi connectivity index (χ0v) is 16.8. The molecule has 1 aromatic heterocycles. The summed E-state index contributed by atoms with van der Waals surface area (Å²) >= 11 is 2.92. The van der Waals surface area contributed by atoms with E-state index in [0.717, 1.165) is 14.6 Å². The van der Waals surface area contributed by atoms with Gasteiger partial charge in [-0.05, 0) is 35.9 Å². The summed E-state index contributed by atoms with van der Waals surface area (Å²) in [6.45, 7) is 1.32. The maximum Gasteiger partial charge on any atom is 0.308 e. The number of carbonyl (C=O) groups excluding carboxylic acids is 2. The van der Waals surface area contributed by atoms with Crippen LogP contribution in [0.3, 0.4) is 0 Å². The van der Waals surface area contributed by atoms with E-state index in [2.05, 4.69) is 15.5 Å². The Labute approximate surface area is 169 Å². The highest BCUT2D eigenvalue weighted by atomic mass is 32.2. The molecule has 144 valence electrons. The maximum atomic E-state index is 12.0. The minimum atomic E-state index is -0.433. The third-order valence-electron chi connectivity index (χ3n) is 3.45. The molecule has 0 unspecified atom stereocenters. The van der Waals surface area contributed by atoms with Crippen molar-refractivity contribution in [3.05, 3.63) is 48.0 Å². The standard InChI is InChI=1S/C19H17N3O4S2/c1-12(23)26-15-8-7-13(9-16(15)25-2)10-20-22-18(24)11-27-19-21-14-5-3-4-6-17(14)28-19/h3-10H,11H2,1-2H3,(H,22,24)/b20-10-. The van der Waals surface area contributed by atoms with Crippen LogP contribution in [0.4, 0.5) is 0 Å². The van der Waals surface area contributed by atoms with Gasteiger partial charge in [0.2, 0.25) is 0 Å². The first kappa shape index (κ1) is 19.8. The van der Waals surface area contributed by atoms with E-state index in [1.807, 2.05) is 24.3 Å². The predicted molar refractivity (Wildman–Crippen MR) is 110 cm³/mol. The summed E-state index contributed by atoms with van der Waals surface area (Å²) in [5, 5.41) is 3.94. The quantitative estimate of drug-likeness (QED) is 0.209. The van der Waals surface area contributed by atoms with Gasteiger partial charge in [-0.15, -0.1) is 11.3 Å². The summed E-state index contributed by atoms with van der Waals surface area (Å²) in [7, 11) is 1.48. The number of benzene rings is 2. The summed E-state index contributed by atoms with van der Waals surface area (Å²) in [6.07, 6.45) is 1.49. The van der Waals surface area contributed by atoms with Crippen molar-refractivity contribution in [2.75, 3.05) is 12.9 Å². The number of nitrogens with one attached hydrogen (secondary N) is 1. The monoisotopic (exact) mass is 415 g/mol. The van der Waals surface area contributed by atoms with Crippen molar-refractivity contribution in [1.82, 2.24) is 10.4 Å². The van der Waals surface area contributed by atoms with Crippen LogP contribution in [0, 0.1) is 0 Å². The fourth-order valence-corrected chi connectivity index (χ4v) is 4.12. The Hall–Kier alpha value is -2.91. The Morgan fingerprint density at radius 3 is 2.82 bits per heavy atom. The highest BCUT2D eigenvalue weighted by Crippen LogP contribution is 2.29. The normalized spacial score (nSPS) is 10.9. The molecule has 0 bridgehead atoms. The molecular weight excluding hydrogens is 398 g/mol. The molecule has 28 heavy (non-hydrogen) atoms. The van der Waals surface area contributed by atoms with E-state index in [4.69, 9.17) is 9.47 Å². The largest absolute Gasteiger partial charge is 0.493 e. The zero-order valence-electron chi connectivity index (χ0n) is 15.2. The number of thioether (sulfide) groups is 1. The predicted octanol–water partition coefficient (Wildman–Crippen LogP) is 3.47. The third-order valence-corrected chi connectivity index (χ3v) is 5.62.